The Balaban J connectivity index is 2.45. The number of rotatable bonds is 3. The minimum Gasteiger partial charge on any atom is -0.468 e. The minimum absolute atomic E-state index is 0.368. The summed E-state index contributed by atoms with van der Waals surface area (Å²) in [7, 11) is 3.21. The van der Waals surface area contributed by atoms with E-state index in [1.807, 2.05) is 35.9 Å². The fraction of sp³-hybridized carbons (Fsp3) is 0.308. The summed E-state index contributed by atoms with van der Waals surface area (Å²) in [5.41, 5.74) is 7.69. The number of methoxy groups -OCH3 is 1. The zero-order chi connectivity index (χ0) is 13.3. The summed E-state index contributed by atoms with van der Waals surface area (Å²) in [6.45, 7) is 0. The van der Waals surface area contributed by atoms with Crippen molar-refractivity contribution < 1.29 is 9.53 Å². The van der Waals surface area contributed by atoms with Crippen molar-refractivity contribution in [3.8, 4) is 0 Å². The molecule has 0 amide bonds. The SMILES string of the molecule is COC(=O)C(N)Cc1c(Cl)n(C)c2ccccc12. The van der Waals surface area contributed by atoms with Crippen LogP contribution in [0.2, 0.25) is 5.15 Å². The molecule has 2 rings (SSSR count). The van der Waals surface area contributed by atoms with Crippen LogP contribution in [0.4, 0.5) is 0 Å². The van der Waals surface area contributed by atoms with Crippen LogP contribution < -0.4 is 5.73 Å². The van der Waals surface area contributed by atoms with Crippen molar-refractivity contribution in [3.63, 3.8) is 0 Å². The molecule has 4 nitrogen and oxygen atoms in total. The van der Waals surface area contributed by atoms with Crippen molar-refractivity contribution in [2.45, 2.75) is 12.5 Å². The Morgan fingerprint density at radius 2 is 2.17 bits per heavy atom. The molecule has 2 aromatic rings. The molecular weight excluding hydrogens is 252 g/mol. The van der Waals surface area contributed by atoms with E-state index in [0.717, 1.165) is 16.5 Å². The van der Waals surface area contributed by atoms with Crippen LogP contribution in [-0.4, -0.2) is 23.7 Å². The first-order valence-electron chi connectivity index (χ1n) is 5.61. The first-order valence-corrected chi connectivity index (χ1v) is 5.99. The predicted octanol–water partition coefficient (Wildman–Crippen LogP) is 1.87. The maximum atomic E-state index is 11.4. The van der Waals surface area contributed by atoms with Gasteiger partial charge in [0.25, 0.3) is 0 Å². The lowest BCUT2D eigenvalue weighted by atomic mass is 10.1. The van der Waals surface area contributed by atoms with Crippen molar-refractivity contribution in [1.29, 1.82) is 0 Å². The predicted molar refractivity (Wildman–Crippen MR) is 71.6 cm³/mol. The van der Waals surface area contributed by atoms with E-state index in [4.69, 9.17) is 17.3 Å². The third-order valence-electron chi connectivity index (χ3n) is 3.06. The van der Waals surface area contributed by atoms with Gasteiger partial charge in [0, 0.05) is 24.4 Å². The number of nitrogens with two attached hydrogens (primary N) is 1. The summed E-state index contributed by atoms with van der Waals surface area (Å²) in [5, 5.41) is 1.62. The lowest BCUT2D eigenvalue weighted by Crippen LogP contribution is -2.33. The number of fused-ring (bicyclic) bond motifs is 1. The number of benzene rings is 1. The highest BCUT2D eigenvalue weighted by Crippen LogP contribution is 2.29. The second-order valence-corrected chi connectivity index (χ2v) is 4.54. The molecule has 1 aromatic carbocycles. The van der Waals surface area contributed by atoms with E-state index in [1.165, 1.54) is 7.11 Å². The molecule has 5 heteroatoms. The number of hydrogen-bond donors (Lipinski definition) is 1. The second kappa shape index (κ2) is 5.00. The molecule has 2 N–H and O–H groups in total. The number of nitrogens with zero attached hydrogens (tertiary/aromatic N) is 1. The Morgan fingerprint density at radius 3 is 2.83 bits per heavy atom. The normalized spacial score (nSPS) is 12.7. The second-order valence-electron chi connectivity index (χ2n) is 4.18. The summed E-state index contributed by atoms with van der Waals surface area (Å²) >= 11 is 6.28. The van der Waals surface area contributed by atoms with Gasteiger partial charge in [-0.25, -0.2) is 0 Å². The van der Waals surface area contributed by atoms with Gasteiger partial charge in [0.1, 0.15) is 11.2 Å². The van der Waals surface area contributed by atoms with Gasteiger partial charge in [0.2, 0.25) is 0 Å². The Morgan fingerprint density at radius 1 is 1.50 bits per heavy atom. The Bertz CT molecular complexity index is 592. The molecule has 0 radical (unpaired) electrons. The van der Waals surface area contributed by atoms with Crippen molar-refractivity contribution in [1.82, 2.24) is 4.57 Å². The van der Waals surface area contributed by atoms with Gasteiger partial charge in [-0.1, -0.05) is 29.8 Å². The summed E-state index contributed by atoms with van der Waals surface area (Å²) in [6.07, 6.45) is 0.368. The Labute approximate surface area is 110 Å². The smallest absolute Gasteiger partial charge is 0.322 e. The molecular formula is C13H15ClN2O2. The van der Waals surface area contributed by atoms with Crippen molar-refractivity contribution in [3.05, 3.63) is 35.0 Å². The maximum absolute atomic E-state index is 11.4. The Hall–Kier alpha value is -1.52. The van der Waals surface area contributed by atoms with Gasteiger partial charge >= 0.3 is 5.97 Å². The van der Waals surface area contributed by atoms with E-state index in [1.54, 1.807) is 0 Å². The Kier molecular flexibility index (Phi) is 3.59. The molecule has 0 saturated heterocycles. The number of para-hydroxylation sites is 1. The quantitative estimate of drug-likeness (QED) is 0.863. The molecule has 1 atom stereocenters. The van der Waals surface area contributed by atoms with E-state index in [-0.39, 0.29) is 0 Å². The molecule has 0 aliphatic carbocycles. The van der Waals surface area contributed by atoms with Crippen LogP contribution >= 0.6 is 11.6 Å². The number of esters is 1. The van der Waals surface area contributed by atoms with E-state index >= 15 is 0 Å². The summed E-state index contributed by atoms with van der Waals surface area (Å²) in [4.78, 5) is 11.4. The lowest BCUT2D eigenvalue weighted by molar-refractivity contribution is -0.142. The standard InChI is InChI=1S/C13H15ClN2O2/c1-16-11-6-4-3-5-8(11)9(12(16)14)7-10(15)13(17)18-2/h3-6,10H,7,15H2,1-2H3. The topological polar surface area (TPSA) is 57.2 Å². The van der Waals surface area contributed by atoms with Crippen molar-refractivity contribution >= 4 is 28.5 Å². The molecule has 0 aliphatic heterocycles. The zero-order valence-electron chi connectivity index (χ0n) is 10.3. The van der Waals surface area contributed by atoms with E-state index in [0.29, 0.717) is 11.6 Å². The highest BCUT2D eigenvalue weighted by molar-refractivity contribution is 6.32. The fourth-order valence-corrected chi connectivity index (χ4v) is 2.36. The van der Waals surface area contributed by atoms with Crippen molar-refractivity contribution in [2.24, 2.45) is 12.8 Å². The van der Waals surface area contributed by atoms with Crippen LogP contribution in [0.3, 0.4) is 0 Å². The third kappa shape index (κ3) is 2.09. The molecule has 18 heavy (non-hydrogen) atoms. The van der Waals surface area contributed by atoms with Gasteiger partial charge in [-0.2, -0.15) is 0 Å². The largest absolute Gasteiger partial charge is 0.468 e. The van der Waals surface area contributed by atoms with Crippen LogP contribution in [0.15, 0.2) is 24.3 Å². The molecule has 0 spiro atoms. The minimum atomic E-state index is -0.696. The summed E-state index contributed by atoms with van der Waals surface area (Å²) < 4.78 is 6.51. The monoisotopic (exact) mass is 266 g/mol. The molecule has 1 aromatic heterocycles. The highest BCUT2D eigenvalue weighted by Gasteiger charge is 2.20. The van der Waals surface area contributed by atoms with Gasteiger partial charge in [-0.3, -0.25) is 4.79 Å². The van der Waals surface area contributed by atoms with E-state index < -0.39 is 12.0 Å². The third-order valence-corrected chi connectivity index (χ3v) is 3.54. The van der Waals surface area contributed by atoms with Gasteiger partial charge in [-0.15, -0.1) is 0 Å². The zero-order valence-corrected chi connectivity index (χ0v) is 11.1. The lowest BCUT2D eigenvalue weighted by Gasteiger charge is -2.08. The van der Waals surface area contributed by atoms with Gasteiger partial charge in [-0.05, 0) is 11.6 Å². The average molecular weight is 267 g/mol. The van der Waals surface area contributed by atoms with Gasteiger partial charge in [0.15, 0.2) is 0 Å². The first kappa shape index (κ1) is 12.9. The number of aromatic nitrogens is 1. The van der Waals surface area contributed by atoms with Crippen molar-refractivity contribution in [2.75, 3.05) is 7.11 Å². The summed E-state index contributed by atoms with van der Waals surface area (Å²) in [6, 6.07) is 7.14. The number of halogens is 1. The number of hydrogen-bond acceptors (Lipinski definition) is 3. The molecule has 96 valence electrons. The van der Waals surface area contributed by atoms with Crippen LogP contribution in [-0.2, 0) is 23.0 Å². The molecule has 1 unspecified atom stereocenters. The molecule has 0 saturated carbocycles. The number of ether oxygens (including phenoxy) is 1. The summed E-state index contributed by atoms with van der Waals surface area (Å²) in [5.74, 6) is -0.431. The van der Waals surface area contributed by atoms with Crippen LogP contribution in [0.25, 0.3) is 10.9 Å². The van der Waals surface area contributed by atoms with Crippen LogP contribution in [0, 0.1) is 0 Å². The van der Waals surface area contributed by atoms with Gasteiger partial charge in [0.05, 0.1) is 7.11 Å². The van der Waals surface area contributed by atoms with Gasteiger partial charge < -0.3 is 15.0 Å². The molecule has 1 heterocycles. The average Bonchev–Trinajstić information content (AvgIpc) is 2.63. The number of carbonyl (C=O) groups is 1. The molecule has 0 fully saturated rings. The van der Waals surface area contributed by atoms with Crippen LogP contribution in [0.5, 0.6) is 0 Å². The van der Waals surface area contributed by atoms with E-state index in [2.05, 4.69) is 4.74 Å². The molecule has 0 aliphatic rings. The number of carbonyl (C=O) groups excluding carboxylic acids is 1. The van der Waals surface area contributed by atoms with E-state index in [9.17, 15) is 4.79 Å². The highest BCUT2D eigenvalue weighted by atomic mass is 35.5. The fourth-order valence-electron chi connectivity index (χ4n) is 2.09. The number of aryl methyl sites for hydroxylation is 1. The molecule has 0 bridgehead atoms. The first-order chi connectivity index (χ1) is 8.56. The van der Waals surface area contributed by atoms with Crippen LogP contribution in [0.1, 0.15) is 5.56 Å². The maximum Gasteiger partial charge on any atom is 0.322 e.